The smallest absolute Gasteiger partial charge is 0.261 e. The van der Waals surface area contributed by atoms with Crippen LogP contribution in [0.1, 0.15) is 37.5 Å². The number of ether oxygens (including phenoxy) is 3. The van der Waals surface area contributed by atoms with Crippen LogP contribution in [0.15, 0.2) is 36.4 Å². The highest BCUT2D eigenvalue weighted by Gasteiger charge is 2.15. The first kappa shape index (κ1) is 20.6. The van der Waals surface area contributed by atoms with Crippen LogP contribution in [-0.4, -0.2) is 25.2 Å². The molecule has 1 amide bonds. The van der Waals surface area contributed by atoms with Gasteiger partial charge >= 0.3 is 0 Å². The van der Waals surface area contributed by atoms with Crippen LogP contribution in [0.4, 0.5) is 0 Å². The van der Waals surface area contributed by atoms with Crippen molar-refractivity contribution in [3.8, 4) is 17.2 Å². The number of aryl methyl sites for hydroxylation is 2. The molecule has 1 atom stereocenters. The molecule has 0 heterocycles. The fraction of sp³-hybridized carbons (Fsp3) is 0.409. The van der Waals surface area contributed by atoms with Gasteiger partial charge in [0.25, 0.3) is 5.91 Å². The van der Waals surface area contributed by atoms with Crippen LogP contribution >= 0.6 is 0 Å². The lowest BCUT2D eigenvalue weighted by Gasteiger charge is -2.16. The van der Waals surface area contributed by atoms with Gasteiger partial charge in [-0.05, 0) is 75.6 Å². The summed E-state index contributed by atoms with van der Waals surface area (Å²) in [7, 11) is 0. The first-order chi connectivity index (χ1) is 12.9. The third-order valence-electron chi connectivity index (χ3n) is 4.24. The van der Waals surface area contributed by atoms with Crippen molar-refractivity contribution >= 4 is 5.91 Å². The van der Waals surface area contributed by atoms with E-state index in [0.717, 1.165) is 11.1 Å². The quantitative estimate of drug-likeness (QED) is 0.718. The van der Waals surface area contributed by atoms with Crippen LogP contribution in [0.2, 0.25) is 0 Å². The lowest BCUT2D eigenvalue weighted by molar-refractivity contribution is -0.127. The molecule has 27 heavy (non-hydrogen) atoms. The Morgan fingerprint density at radius 1 is 0.963 bits per heavy atom. The van der Waals surface area contributed by atoms with Gasteiger partial charge in [-0.1, -0.05) is 12.1 Å². The minimum absolute atomic E-state index is 0.167. The number of hydrogen-bond acceptors (Lipinski definition) is 4. The van der Waals surface area contributed by atoms with Crippen molar-refractivity contribution < 1.29 is 19.0 Å². The Morgan fingerprint density at radius 2 is 1.67 bits per heavy atom. The first-order valence-electron chi connectivity index (χ1n) is 9.34. The molecule has 5 heteroatoms. The molecule has 0 aliphatic heterocycles. The Balaban J connectivity index is 1.95. The fourth-order valence-electron chi connectivity index (χ4n) is 2.58. The molecule has 0 saturated carbocycles. The fourth-order valence-corrected chi connectivity index (χ4v) is 2.58. The number of rotatable bonds is 9. The predicted molar refractivity (Wildman–Crippen MR) is 107 cm³/mol. The van der Waals surface area contributed by atoms with Gasteiger partial charge in [0.05, 0.1) is 13.2 Å². The van der Waals surface area contributed by atoms with Crippen molar-refractivity contribution in [2.75, 3.05) is 13.2 Å². The Bertz CT molecular complexity index is 773. The van der Waals surface area contributed by atoms with E-state index in [1.807, 2.05) is 64.1 Å². The molecular weight excluding hydrogens is 342 g/mol. The van der Waals surface area contributed by atoms with Gasteiger partial charge in [0.15, 0.2) is 17.6 Å². The van der Waals surface area contributed by atoms with Crippen molar-refractivity contribution in [1.82, 2.24) is 5.32 Å². The molecule has 5 nitrogen and oxygen atoms in total. The SMILES string of the molecule is CCOc1ccc(CNC(=O)[C@H](C)Oc2ccc(C)c(C)c2)cc1OCC. The van der Waals surface area contributed by atoms with E-state index in [4.69, 9.17) is 14.2 Å². The lowest BCUT2D eigenvalue weighted by Crippen LogP contribution is -2.35. The van der Waals surface area contributed by atoms with Crippen LogP contribution in [0.25, 0.3) is 0 Å². The van der Waals surface area contributed by atoms with Gasteiger partial charge < -0.3 is 19.5 Å². The largest absolute Gasteiger partial charge is 0.490 e. The number of hydrogen-bond donors (Lipinski definition) is 1. The zero-order valence-electron chi connectivity index (χ0n) is 16.8. The molecule has 0 unspecified atom stereocenters. The van der Waals surface area contributed by atoms with Crippen molar-refractivity contribution in [2.45, 2.75) is 47.3 Å². The standard InChI is InChI=1S/C22H29NO4/c1-6-25-20-11-9-18(13-21(20)26-7-2)14-23-22(24)17(5)27-19-10-8-15(3)16(4)12-19/h8-13,17H,6-7,14H2,1-5H3,(H,23,24)/t17-/m0/s1. The second kappa shape index (κ2) is 9.86. The van der Waals surface area contributed by atoms with E-state index in [2.05, 4.69) is 5.32 Å². The number of amides is 1. The zero-order valence-corrected chi connectivity index (χ0v) is 16.8. The van der Waals surface area contributed by atoms with Crippen LogP contribution < -0.4 is 19.5 Å². The summed E-state index contributed by atoms with van der Waals surface area (Å²) in [4.78, 5) is 12.4. The summed E-state index contributed by atoms with van der Waals surface area (Å²) in [6.45, 7) is 11.2. The van der Waals surface area contributed by atoms with E-state index >= 15 is 0 Å². The Morgan fingerprint density at radius 3 is 2.33 bits per heavy atom. The lowest BCUT2D eigenvalue weighted by atomic mass is 10.1. The Hall–Kier alpha value is -2.69. The van der Waals surface area contributed by atoms with Gasteiger partial charge in [-0.25, -0.2) is 0 Å². The highest BCUT2D eigenvalue weighted by atomic mass is 16.5. The molecule has 2 aromatic rings. The summed E-state index contributed by atoms with van der Waals surface area (Å²) in [5, 5.41) is 2.91. The summed E-state index contributed by atoms with van der Waals surface area (Å²) in [5.74, 6) is 1.92. The highest BCUT2D eigenvalue weighted by molar-refractivity contribution is 5.80. The van der Waals surface area contributed by atoms with E-state index in [1.165, 1.54) is 5.56 Å². The van der Waals surface area contributed by atoms with Crippen LogP contribution in [-0.2, 0) is 11.3 Å². The molecule has 1 N–H and O–H groups in total. The highest BCUT2D eigenvalue weighted by Crippen LogP contribution is 2.28. The summed E-state index contributed by atoms with van der Waals surface area (Å²) >= 11 is 0. The number of benzene rings is 2. The maximum absolute atomic E-state index is 12.4. The van der Waals surface area contributed by atoms with Crippen molar-refractivity contribution in [2.24, 2.45) is 0 Å². The van der Waals surface area contributed by atoms with E-state index in [-0.39, 0.29) is 5.91 Å². The molecule has 0 fully saturated rings. The number of nitrogens with one attached hydrogen (secondary N) is 1. The minimum Gasteiger partial charge on any atom is -0.490 e. The van der Waals surface area contributed by atoms with Gasteiger partial charge in [0, 0.05) is 6.54 Å². The summed E-state index contributed by atoms with van der Waals surface area (Å²) in [5.41, 5.74) is 3.27. The molecule has 0 spiro atoms. The molecule has 0 aliphatic carbocycles. The maximum atomic E-state index is 12.4. The monoisotopic (exact) mass is 371 g/mol. The van der Waals surface area contributed by atoms with Gasteiger partial charge in [-0.15, -0.1) is 0 Å². The Labute approximate surface area is 161 Å². The molecular formula is C22H29NO4. The summed E-state index contributed by atoms with van der Waals surface area (Å²) in [6, 6.07) is 11.5. The topological polar surface area (TPSA) is 56.8 Å². The second-order valence-electron chi connectivity index (χ2n) is 6.37. The van der Waals surface area contributed by atoms with E-state index in [0.29, 0.717) is 37.0 Å². The third kappa shape index (κ3) is 5.91. The number of carbonyl (C=O) groups excluding carboxylic acids is 1. The molecule has 146 valence electrons. The van der Waals surface area contributed by atoms with Crippen LogP contribution in [0.3, 0.4) is 0 Å². The molecule has 2 aromatic carbocycles. The van der Waals surface area contributed by atoms with Gasteiger partial charge in [-0.3, -0.25) is 4.79 Å². The van der Waals surface area contributed by atoms with Crippen molar-refractivity contribution in [3.05, 3.63) is 53.1 Å². The zero-order chi connectivity index (χ0) is 19.8. The molecule has 0 aromatic heterocycles. The van der Waals surface area contributed by atoms with Crippen molar-refractivity contribution in [1.29, 1.82) is 0 Å². The van der Waals surface area contributed by atoms with E-state index in [9.17, 15) is 4.79 Å². The van der Waals surface area contributed by atoms with Crippen LogP contribution in [0.5, 0.6) is 17.2 Å². The molecule has 0 bridgehead atoms. The van der Waals surface area contributed by atoms with Gasteiger partial charge in [0.1, 0.15) is 5.75 Å². The summed E-state index contributed by atoms with van der Waals surface area (Å²) < 4.78 is 16.9. The van der Waals surface area contributed by atoms with E-state index < -0.39 is 6.10 Å². The average Bonchev–Trinajstić information content (AvgIpc) is 2.65. The number of carbonyl (C=O) groups is 1. The predicted octanol–water partition coefficient (Wildman–Crippen LogP) is 4.18. The third-order valence-corrected chi connectivity index (χ3v) is 4.24. The van der Waals surface area contributed by atoms with Gasteiger partial charge in [-0.2, -0.15) is 0 Å². The van der Waals surface area contributed by atoms with Crippen molar-refractivity contribution in [3.63, 3.8) is 0 Å². The average molecular weight is 371 g/mol. The first-order valence-corrected chi connectivity index (χ1v) is 9.34. The second-order valence-corrected chi connectivity index (χ2v) is 6.37. The normalized spacial score (nSPS) is 11.6. The molecule has 2 rings (SSSR count). The van der Waals surface area contributed by atoms with Gasteiger partial charge in [0.2, 0.25) is 0 Å². The Kier molecular flexibility index (Phi) is 7.53. The maximum Gasteiger partial charge on any atom is 0.261 e. The van der Waals surface area contributed by atoms with E-state index in [1.54, 1.807) is 6.92 Å². The summed E-state index contributed by atoms with van der Waals surface area (Å²) in [6.07, 6.45) is -0.582. The van der Waals surface area contributed by atoms with Crippen LogP contribution in [0, 0.1) is 13.8 Å². The minimum atomic E-state index is -0.582. The molecule has 0 saturated heterocycles. The molecule has 0 aliphatic rings. The molecule has 0 radical (unpaired) electrons.